The lowest BCUT2D eigenvalue weighted by atomic mass is 10.1. The molecule has 0 saturated carbocycles. The third-order valence-electron chi connectivity index (χ3n) is 5.79. The average Bonchev–Trinajstić information content (AvgIpc) is 3.35. The van der Waals surface area contributed by atoms with Gasteiger partial charge < -0.3 is 27.0 Å². The highest BCUT2D eigenvalue weighted by atomic mass is 35.5. The second-order valence-corrected chi connectivity index (χ2v) is 8.57. The molecule has 1 saturated heterocycles. The highest BCUT2D eigenvalue weighted by Gasteiger charge is 2.38. The molecule has 0 spiro atoms. The predicted molar refractivity (Wildman–Crippen MR) is 127 cm³/mol. The Labute approximate surface area is 195 Å². The molecular formula is C23H25ClN6O3. The summed E-state index contributed by atoms with van der Waals surface area (Å²) in [6, 6.07) is 10.5. The van der Waals surface area contributed by atoms with Crippen LogP contribution in [0.15, 0.2) is 48.7 Å². The first-order valence-electron chi connectivity index (χ1n) is 10.5. The van der Waals surface area contributed by atoms with E-state index in [4.69, 9.17) is 23.1 Å². The molecule has 4 amide bonds. The Morgan fingerprint density at radius 2 is 1.94 bits per heavy atom. The second kappa shape index (κ2) is 9.13. The minimum absolute atomic E-state index is 0.231. The van der Waals surface area contributed by atoms with E-state index in [9.17, 15) is 14.4 Å². The van der Waals surface area contributed by atoms with Crippen molar-refractivity contribution >= 4 is 46.2 Å². The quantitative estimate of drug-likeness (QED) is 0.468. The average molecular weight is 469 g/mol. The maximum absolute atomic E-state index is 13.1. The van der Waals surface area contributed by atoms with Crippen molar-refractivity contribution in [2.45, 2.75) is 32.0 Å². The summed E-state index contributed by atoms with van der Waals surface area (Å²) in [4.78, 5) is 39.2. The number of rotatable bonds is 4. The van der Waals surface area contributed by atoms with Crippen molar-refractivity contribution < 1.29 is 14.4 Å². The monoisotopic (exact) mass is 468 g/mol. The molecule has 0 aliphatic carbocycles. The number of likely N-dealkylation sites (tertiary alicyclic amines) is 1. The standard InChI is InChI=1S/C23H25ClN6O3/c1-13-6-7-14(8-17(13)24)10-27-21(31)20-9-15(25)11-30(20)23(33)28-18-12-29(22(26)32)19-5-3-2-4-16(18)19/h2-8,12,15,20H,9-11,25H2,1H3,(H2,26,32)(H,27,31)(H,28,33)/t15-,20-/m0/s1. The van der Waals surface area contributed by atoms with Gasteiger partial charge in [0.25, 0.3) is 0 Å². The third kappa shape index (κ3) is 4.64. The molecule has 2 aromatic carbocycles. The number of hydrogen-bond acceptors (Lipinski definition) is 4. The van der Waals surface area contributed by atoms with E-state index in [0.717, 1.165) is 11.1 Å². The molecule has 0 bridgehead atoms. The maximum Gasteiger partial charge on any atom is 0.323 e. The first kappa shape index (κ1) is 22.6. The molecule has 4 rings (SSSR count). The van der Waals surface area contributed by atoms with E-state index < -0.39 is 18.1 Å². The summed E-state index contributed by atoms with van der Waals surface area (Å²) in [6.45, 7) is 2.42. The van der Waals surface area contributed by atoms with E-state index in [0.29, 0.717) is 28.0 Å². The van der Waals surface area contributed by atoms with Gasteiger partial charge in [0.2, 0.25) is 5.91 Å². The molecule has 10 heteroatoms. The number of amides is 4. The van der Waals surface area contributed by atoms with Crippen molar-refractivity contribution in [2.24, 2.45) is 11.5 Å². The van der Waals surface area contributed by atoms with Crippen LogP contribution in [0.1, 0.15) is 17.5 Å². The number of anilines is 1. The fraction of sp³-hybridized carbons (Fsp3) is 0.261. The fourth-order valence-electron chi connectivity index (χ4n) is 4.04. The van der Waals surface area contributed by atoms with E-state index in [-0.39, 0.29) is 25.0 Å². The van der Waals surface area contributed by atoms with Crippen molar-refractivity contribution in [3.05, 3.63) is 64.8 Å². The Balaban J connectivity index is 1.49. The van der Waals surface area contributed by atoms with Gasteiger partial charge in [0.05, 0.1) is 11.2 Å². The normalized spacial score (nSPS) is 17.8. The van der Waals surface area contributed by atoms with Gasteiger partial charge in [0.1, 0.15) is 6.04 Å². The van der Waals surface area contributed by atoms with Gasteiger partial charge in [-0.15, -0.1) is 0 Å². The van der Waals surface area contributed by atoms with Gasteiger partial charge in [-0.25, -0.2) is 9.59 Å². The zero-order valence-electron chi connectivity index (χ0n) is 18.0. The molecule has 6 N–H and O–H groups in total. The minimum Gasteiger partial charge on any atom is -0.351 e. The highest BCUT2D eigenvalue weighted by Crippen LogP contribution is 2.27. The van der Waals surface area contributed by atoms with E-state index in [1.807, 2.05) is 19.1 Å². The molecule has 3 aromatic rings. The minimum atomic E-state index is -0.717. The predicted octanol–water partition coefficient (Wildman–Crippen LogP) is 2.78. The summed E-state index contributed by atoms with van der Waals surface area (Å²) in [5, 5.41) is 6.95. The van der Waals surface area contributed by atoms with Crippen LogP contribution in [0.5, 0.6) is 0 Å². The zero-order valence-corrected chi connectivity index (χ0v) is 18.8. The first-order valence-corrected chi connectivity index (χ1v) is 10.9. The number of benzene rings is 2. The summed E-state index contributed by atoms with van der Waals surface area (Å²) in [6.07, 6.45) is 1.81. The number of carbonyl (C=O) groups excluding carboxylic acids is 3. The van der Waals surface area contributed by atoms with Gasteiger partial charge in [-0.3, -0.25) is 9.36 Å². The number of fused-ring (bicyclic) bond motifs is 1. The second-order valence-electron chi connectivity index (χ2n) is 8.16. The molecule has 33 heavy (non-hydrogen) atoms. The zero-order chi connectivity index (χ0) is 23.7. The SMILES string of the molecule is Cc1ccc(CNC(=O)[C@@H]2C[C@H](N)CN2C(=O)Nc2cn(C(N)=O)c3ccccc23)cc1Cl. The van der Waals surface area contributed by atoms with Crippen LogP contribution in [0.25, 0.3) is 10.9 Å². The number of carbonyl (C=O) groups is 3. The molecule has 1 fully saturated rings. The molecule has 0 radical (unpaired) electrons. The Bertz CT molecular complexity index is 1240. The maximum atomic E-state index is 13.1. The lowest BCUT2D eigenvalue weighted by Crippen LogP contribution is -2.47. The number of aryl methyl sites for hydroxylation is 1. The molecule has 0 unspecified atom stereocenters. The summed E-state index contributed by atoms with van der Waals surface area (Å²) in [5.41, 5.74) is 14.3. The van der Waals surface area contributed by atoms with E-state index in [1.54, 1.807) is 30.3 Å². The molecule has 9 nitrogen and oxygen atoms in total. The Hall–Kier alpha value is -3.56. The van der Waals surface area contributed by atoms with Crippen LogP contribution in [-0.4, -0.2) is 46.1 Å². The third-order valence-corrected chi connectivity index (χ3v) is 6.20. The number of para-hydroxylation sites is 1. The van der Waals surface area contributed by atoms with Crippen LogP contribution in [0.2, 0.25) is 5.02 Å². The summed E-state index contributed by atoms with van der Waals surface area (Å²) in [5.74, 6) is -0.297. The molecule has 1 aromatic heterocycles. The van der Waals surface area contributed by atoms with E-state index >= 15 is 0 Å². The Morgan fingerprint density at radius 1 is 1.18 bits per heavy atom. The van der Waals surface area contributed by atoms with Crippen LogP contribution in [0, 0.1) is 6.92 Å². The number of urea groups is 1. The van der Waals surface area contributed by atoms with Gasteiger partial charge in [-0.2, -0.15) is 0 Å². The van der Waals surface area contributed by atoms with Gasteiger partial charge in [0, 0.05) is 35.7 Å². The van der Waals surface area contributed by atoms with Gasteiger partial charge in [-0.05, 0) is 36.6 Å². The number of primary amides is 1. The Kier molecular flexibility index (Phi) is 6.26. The van der Waals surface area contributed by atoms with E-state index in [2.05, 4.69) is 10.6 Å². The van der Waals surface area contributed by atoms with Crippen molar-refractivity contribution in [1.82, 2.24) is 14.8 Å². The van der Waals surface area contributed by atoms with Crippen LogP contribution >= 0.6 is 11.6 Å². The number of aromatic nitrogens is 1. The number of nitrogens with two attached hydrogens (primary N) is 2. The van der Waals surface area contributed by atoms with Crippen LogP contribution in [-0.2, 0) is 11.3 Å². The van der Waals surface area contributed by atoms with Crippen molar-refractivity contribution in [1.29, 1.82) is 0 Å². The number of halogens is 1. The number of nitrogens with one attached hydrogen (secondary N) is 2. The molecule has 1 aliphatic heterocycles. The highest BCUT2D eigenvalue weighted by molar-refractivity contribution is 6.31. The first-order chi connectivity index (χ1) is 15.7. The van der Waals surface area contributed by atoms with Crippen molar-refractivity contribution in [2.75, 3.05) is 11.9 Å². The fourth-order valence-corrected chi connectivity index (χ4v) is 4.25. The lowest BCUT2D eigenvalue weighted by molar-refractivity contribution is -0.124. The number of nitrogens with zero attached hydrogens (tertiary/aromatic N) is 2. The molecule has 2 heterocycles. The van der Waals surface area contributed by atoms with Crippen LogP contribution in [0.4, 0.5) is 15.3 Å². The molecule has 172 valence electrons. The van der Waals surface area contributed by atoms with Gasteiger partial charge in [-0.1, -0.05) is 41.9 Å². The van der Waals surface area contributed by atoms with Crippen molar-refractivity contribution in [3.63, 3.8) is 0 Å². The van der Waals surface area contributed by atoms with Crippen molar-refractivity contribution in [3.8, 4) is 0 Å². The van der Waals surface area contributed by atoms with Gasteiger partial charge in [0.15, 0.2) is 0 Å². The number of hydrogen-bond donors (Lipinski definition) is 4. The lowest BCUT2D eigenvalue weighted by Gasteiger charge is -2.24. The summed E-state index contributed by atoms with van der Waals surface area (Å²) >= 11 is 6.16. The van der Waals surface area contributed by atoms with Crippen LogP contribution < -0.4 is 22.1 Å². The molecule has 1 aliphatic rings. The molecular weight excluding hydrogens is 444 g/mol. The van der Waals surface area contributed by atoms with Gasteiger partial charge >= 0.3 is 12.1 Å². The van der Waals surface area contributed by atoms with Crippen LogP contribution in [0.3, 0.4) is 0 Å². The largest absolute Gasteiger partial charge is 0.351 e. The summed E-state index contributed by atoms with van der Waals surface area (Å²) in [7, 11) is 0. The van der Waals surface area contributed by atoms with E-state index in [1.165, 1.54) is 15.7 Å². The molecule has 2 atom stereocenters. The Morgan fingerprint density at radius 3 is 2.67 bits per heavy atom. The summed E-state index contributed by atoms with van der Waals surface area (Å²) < 4.78 is 1.26. The topological polar surface area (TPSA) is 135 Å². The smallest absolute Gasteiger partial charge is 0.323 e.